The average Bonchev–Trinajstić information content (AvgIpc) is 3.75. The van der Waals surface area contributed by atoms with Gasteiger partial charge in [0.1, 0.15) is 13.2 Å². The summed E-state index contributed by atoms with van der Waals surface area (Å²) in [5.41, 5.74) is 0. The largest absolute Gasteiger partial charge is 0.545 e. The summed E-state index contributed by atoms with van der Waals surface area (Å²) in [7, 11) is 5.94. The number of carbonyl (C=O) groups excluding carboxylic acids is 3. The molecule has 0 spiro atoms. The minimum atomic E-state index is -1.63. The van der Waals surface area contributed by atoms with E-state index >= 15 is 0 Å². The second-order valence-electron chi connectivity index (χ2n) is 28.0. The van der Waals surface area contributed by atoms with E-state index in [2.05, 4.69) is 111 Å². The van der Waals surface area contributed by atoms with Gasteiger partial charge in [0.05, 0.1) is 40.3 Å². The van der Waals surface area contributed by atoms with E-state index in [0.29, 0.717) is 23.9 Å². The van der Waals surface area contributed by atoms with Crippen LogP contribution in [0, 0.1) is 0 Å². The van der Waals surface area contributed by atoms with Crippen LogP contribution in [0.15, 0.2) is 97.2 Å². The number of rotatable bonds is 74. The first-order chi connectivity index (χ1) is 46.1. The van der Waals surface area contributed by atoms with Gasteiger partial charge < -0.3 is 33.3 Å². The SMILES string of the molecule is CC/C=C\C/C=C\C/C=C\C/C=C\C/C=C\C/C=C\C/C=C\C/C=C\CCCCCCCCCCCCCCC(=O)OC(COC(=O)CCCCCCCCCCCCCCCCCCCCCCCCCCCCCCCCCC)COC(OCC[N+](C)(C)C)C(=O)[O-]. The number of esters is 2. The van der Waals surface area contributed by atoms with Crippen molar-refractivity contribution in [3.05, 3.63) is 97.2 Å². The summed E-state index contributed by atoms with van der Waals surface area (Å²) in [6.07, 6.45) is 101. The van der Waals surface area contributed by atoms with Crippen LogP contribution in [0.1, 0.15) is 367 Å². The third-order valence-electron chi connectivity index (χ3n) is 17.6. The lowest BCUT2D eigenvalue weighted by molar-refractivity contribution is -0.870. The molecule has 0 aromatic heterocycles. The molecule has 94 heavy (non-hydrogen) atoms. The topological polar surface area (TPSA) is 111 Å². The Hall–Kier alpha value is -3.79. The lowest BCUT2D eigenvalue weighted by atomic mass is 10.0. The Morgan fingerprint density at radius 3 is 0.904 bits per heavy atom. The molecule has 544 valence electrons. The Labute approximate surface area is 582 Å². The Kier molecular flexibility index (Phi) is 72.0. The minimum absolute atomic E-state index is 0.146. The van der Waals surface area contributed by atoms with Crippen molar-refractivity contribution in [2.24, 2.45) is 0 Å². The van der Waals surface area contributed by atoms with Gasteiger partial charge in [0.25, 0.3) is 0 Å². The zero-order valence-corrected chi connectivity index (χ0v) is 62.3. The van der Waals surface area contributed by atoms with Gasteiger partial charge in [0.15, 0.2) is 12.4 Å². The van der Waals surface area contributed by atoms with Crippen molar-refractivity contribution in [2.75, 3.05) is 47.5 Å². The number of hydrogen-bond donors (Lipinski definition) is 0. The average molecular weight is 1320 g/mol. The number of hydrogen-bond acceptors (Lipinski definition) is 8. The first-order valence-corrected chi connectivity index (χ1v) is 39.9. The first kappa shape index (κ1) is 90.2. The lowest BCUT2D eigenvalue weighted by Gasteiger charge is -2.26. The zero-order chi connectivity index (χ0) is 68.2. The molecule has 0 saturated carbocycles. The van der Waals surface area contributed by atoms with E-state index in [1.165, 1.54) is 244 Å². The van der Waals surface area contributed by atoms with E-state index in [4.69, 9.17) is 18.9 Å². The van der Waals surface area contributed by atoms with Crippen LogP contribution in [-0.4, -0.2) is 82.3 Å². The predicted octanol–water partition coefficient (Wildman–Crippen LogP) is 24.2. The molecule has 0 aliphatic rings. The number of likely N-dealkylation sites (N-methyl/N-ethyl adjacent to an activating group) is 1. The summed E-state index contributed by atoms with van der Waals surface area (Å²) >= 11 is 0. The predicted molar refractivity (Wildman–Crippen MR) is 403 cm³/mol. The summed E-state index contributed by atoms with van der Waals surface area (Å²) < 4.78 is 22.9. The molecule has 0 saturated heterocycles. The van der Waals surface area contributed by atoms with Gasteiger partial charge in [-0.05, 0) is 77.0 Å². The Morgan fingerprint density at radius 2 is 0.606 bits per heavy atom. The fourth-order valence-electron chi connectivity index (χ4n) is 11.6. The smallest absolute Gasteiger partial charge is 0.306 e. The summed E-state index contributed by atoms with van der Waals surface area (Å²) in [5, 5.41) is 11.9. The molecule has 0 aromatic rings. The van der Waals surface area contributed by atoms with Gasteiger partial charge in [-0.3, -0.25) is 9.59 Å². The van der Waals surface area contributed by atoms with Gasteiger partial charge in [-0.1, -0.05) is 374 Å². The van der Waals surface area contributed by atoms with Crippen molar-refractivity contribution in [3.8, 4) is 0 Å². The van der Waals surface area contributed by atoms with Gasteiger partial charge >= 0.3 is 11.9 Å². The van der Waals surface area contributed by atoms with Crippen LogP contribution in [0.25, 0.3) is 0 Å². The number of carbonyl (C=O) groups is 3. The number of ether oxygens (including phenoxy) is 4. The fourth-order valence-corrected chi connectivity index (χ4v) is 11.6. The standard InChI is InChI=1S/C85H151NO8/c1-6-8-10-12-14-16-18-20-22-24-26-28-30-32-34-36-38-40-41-42-43-44-46-48-50-52-54-56-58-60-62-64-66-68-70-72-74-76-83(88)94-81(80-93-85(84(89)90)91-78-77-86(3,4)5)79-92-82(87)75-73-71-69-67-65-63-61-59-57-55-53-51-49-47-45-39-37-35-33-31-29-27-25-23-21-19-17-15-13-11-9-7-2/h8,10,14,16,20,22,26,28,32,34,38,40,42-43,46,48,81,85H,6-7,9,11-13,15,17-19,21,23-25,27,29-31,33,35-37,39,41,44-45,47,49-80H2,1-5H3/b10-8-,16-14-,22-20-,28-26-,34-32-,40-38-,43-42-,48-46-. The molecule has 0 heterocycles. The van der Waals surface area contributed by atoms with Gasteiger partial charge in [-0.15, -0.1) is 0 Å². The molecule has 0 rings (SSSR count). The highest BCUT2D eigenvalue weighted by atomic mass is 16.7. The quantitative estimate of drug-likeness (QED) is 0.0195. The van der Waals surface area contributed by atoms with Crippen LogP contribution in [-0.2, 0) is 33.3 Å². The number of unbranched alkanes of at least 4 members (excludes halogenated alkanes) is 43. The summed E-state index contributed by atoms with van der Waals surface area (Å²) in [4.78, 5) is 37.6. The maximum Gasteiger partial charge on any atom is 0.306 e. The molecule has 0 N–H and O–H groups in total. The number of carboxylic acid groups (broad SMARTS) is 1. The molecule has 2 unspecified atom stereocenters. The molecule has 0 fully saturated rings. The second kappa shape index (κ2) is 75.0. The molecule has 2 atom stereocenters. The fraction of sp³-hybridized carbons (Fsp3) is 0.776. The molecule has 0 bridgehead atoms. The van der Waals surface area contributed by atoms with Crippen LogP contribution in [0.2, 0.25) is 0 Å². The number of carboxylic acids is 1. The maximum absolute atomic E-state index is 13.0. The summed E-state index contributed by atoms with van der Waals surface area (Å²) in [6, 6.07) is 0. The van der Waals surface area contributed by atoms with Crippen molar-refractivity contribution in [1.29, 1.82) is 0 Å². The molecule has 0 aliphatic carbocycles. The van der Waals surface area contributed by atoms with Crippen molar-refractivity contribution in [2.45, 2.75) is 379 Å². The Bertz CT molecular complexity index is 1870. The molecule has 0 radical (unpaired) electrons. The van der Waals surface area contributed by atoms with Crippen LogP contribution >= 0.6 is 0 Å². The third-order valence-corrected chi connectivity index (χ3v) is 17.6. The van der Waals surface area contributed by atoms with Crippen LogP contribution in [0.4, 0.5) is 0 Å². The molecule has 0 amide bonds. The van der Waals surface area contributed by atoms with E-state index in [1.807, 2.05) is 21.1 Å². The molecule has 0 aliphatic heterocycles. The molecule has 0 aromatic carbocycles. The van der Waals surface area contributed by atoms with E-state index < -0.39 is 24.3 Å². The molecular formula is C85H151NO8. The highest BCUT2D eigenvalue weighted by molar-refractivity contribution is 5.70. The van der Waals surface area contributed by atoms with Crippen LogP contribution < -0.4 is 5.11 Å². The summed E-state index contributed by atoms with van der Waals surface area (Å²) in [6.45, 7) is 4.68. The van der Waals surface area contributed by atoms with Gasteiger partial charge in [0.2, 0.25) is 0 Å². The minimum Gasteiger partial charge on any atom is -0.545 e. The second-order valence-corrected chi connectivity index (χ2v) is 28.0. The van der Waals surface area contributed by atoms with Crippen molar-refractivity contribution in [1.82, 2.24) is 0 Å². The van der Waals surface area contributed by atoms with Crippen molar-refractivity contribution < 1.29 is 42.9 Å². The van der Waals surface area contributed by atoms with E-state index in [9.17, 15) is 19.5 Å². The van der Waals surface area contributed by atoms with Gasteiger partial charge in [-0.2, -0.15) is 0 Å². The third kappa shape index (κ3) is 75.6. The highest BCUT2D eigenvalue weighted by Crippen LogP contribution is 2.19. The van der Waals surface area contributed by atoms with Gasteiger partial charge in [-0.25, -0.2) is 0 Å². The maximum atomic E-state index is 13.0. The molecule has 9 heteroatoms. The Morgan fingerprint density at radius 1 is 0.330 bits per heavy atom. The number of nitrogens with zero attached hydrogens (tertiary/aromatic N) is 1. The lowest BCUT2D eigenvalue weighted by Crippen LogP contribution is -2.44. The van der Waals surface area contributed by atoms with E-state index in [-0.39, 0.29) is 32.2 Å². The first-order valence-electron chi connectivity index (χ1n) is 39.9. The monoisotopic (exact) mass is 1310 g/mol. The molecular weight excluding hydrogens is 1160 g/mol. The van der Waals surface area contributed by atoms with Crippen LogP contribution in [0.5, 0.6) is 0 Å². The number of allylic oxidation sites excluding steroid dienone is 16. The normalized spacial score (nSPS) is 13.2. The molecule has 9 nitrogen and oxygen atoms in total. The van der Waals surface area contributed by atoms with E-state index in [0.717, 1.165) is 89.9 Å². The highest BCUT2D eigenvalue weighted by Gasteiger charge is 2.22. The number of quaternary nitrogens is 1. The number of aliphatic carboxylic acids is 1. The van der Waals surface area contributed by atoms with Gasteiger partial charge in [0, 0.05) is 12.8 Å². The van der Waals surface area contributed by atoms with Crippen molar-refractivity contribution in [3.63, 3.8) is 0 Å². The van der Waals surface area contributed by atoms with Crippen LogP contribution in [0.3, 0.4) is 0 Å². The summed E-state index contributed by atoms with van der Waals surface area (Å²) in [5.74, 6) is -2.27. The van der Waals surface area contributed by atoms with E-state index in [1.54, 1.807) is 0 Å². The van der Waals surface area contributed by atoms with Crippen molar-refractivity contribution >= 4 is 17.9 Å². The Balaban J connectivity index is 4.04. The zero-order valence-electron chi connectivity index (χ0n) is 62.3.